The predicted molar refractivity (Wildman–Crippen MR) is 106 cm³/mol. The second-order valence-corrected chi connectivity index (χ2v) is 7.48. The number of phenols is 2. The van der Waals surface area contributed by atoms with Crippen molar-refractivity contribution in [3.05, 3.63) is 59.7 Å². The Bertz CT molecular complexity index is 796. The van der Waals surface area contributed by atoms with E-state index in [2.05, 4.69) is 0 Å². The molecule has 0 aromatic heterocycles. The molecule has 3 rings (SSSR count). The fourth-order valence-corrected chi connectivity index (χ4v) is 3.71. The summed E-state index contributed by atoms with van der Waals surface area (Å²) < 4.78 is 0. The highest BCUT2D eigenvalue weighted by Gasteiger charge is 2.34. The highest BCUT2D eigenvalue weighted by molar-refractivity contribution is 5.81. The molecule has 1 aliphatic rings. The van der Waals surface area contributed by atoms with Crippen LogP contribution in [-0.4, -0.2) is 57.0 Å². The molecule has 2 unspecified atom stereocenters. The number of amides is 2. The molecule has 6 heteroatoms. The van der Waals surface area contributed by atoms with Crippen LogP contribution in [0.5, 0.6) is 11.5 Å². The van der Waals surface area contributed by atoms with Crippen LogP contribution in [0.2, 0.25) is 0 Å². The predicted octanol–water partition coefficient (Wildman–Crippen LogP) is 2.33. The molecule has 2 amide bonds. The molecule has 1 aliphatic heterocycles. The summed E-state index contributed by atoms with van der Waals surface area (Å²) in [5, 5.41) is 19.2. The fraction of sp³-hybridized carbons (Fsp3) is 0.364. The zero-order chi connectivity index (χ0) is 20.3. The van der Waals surface area contributed by atoms with E-state index in [1.807, 2.05) is 35.8 Å². The van der Waals surface area contributed by atoms with Crippen molar-refractivity contribution in [2.24, 2.45) is 0 Å². The summed E-state index contributed by atoms with van der Waals surface area (Å²) in [7, 11) is 0. The van der Waals surface area contributed by atoms with Crippen molar-refractivity contribution in [1.82, 2.24) is 9.80 Å². The average Bonchev–Trinajstić information content (AvgIpc) is 2.63. The first kappa shape index (κ1) is 19.7. The van der Waals surface area contributed by atoms with E-state index in [4.69, 9.17) is 0 Å². The lowest BCUT2D eigenvalue weighted by atomic mass is 10.0. The maximum Gasteiger partial charge on any atom is 0.227 e. The summed E-state index contributed by atoms with van der Waals surface area (Å²) in [6, 6.07) is 13.3. The van der Waals surface area contributed by atoms with Gasteiger partial charge in [0.05, 0.1) is 12.8 Å². The third-order valence-electron chi connectivity index (χ3n) is 5.16. The summed E-state index contributed by atoms with van der Waals surface area (Å²) >= 11 is 0. The lowest BCUT2D eigenvalue weighted by Gasteiger charge is -2.44. The average molecular weight is 382 g/mol. The van der Waals surface area contributed by atoms with Gasteiger partial charge in [0, 0.05) is 25.2 Å². The molecule has 2 aromatic rings. The first-order valence-electron chi connectivity index (χ1n) is 9.48. The maximum atomic E-state index is 12.8. The van der Waals surface area contributed by atoms with Gasteiger partial charge in [-0.05, 0) is 49.2 Å². The van der Waals surface area contributed by atoms with Gasteiger partial charge < -0.3 is 20.0 Å². The number of carbonyl (C=O) groups excluding carboxylic acids is 2. The summed E-state index contributed by atoms with van der Waals surface area (Å²) in [5.74, 6) is 0.276. The van der Waals surface area contributed by atoms with E-state index in [0.717, 1.165) is 11.1 Å². The van der Waals surface area contributed by atoms with Crippen molar-refractivity contribution in [2.75, 3.05) is 13.1 Å². The Morgan fingerprint density at radius 2 is 1.21 bits per heavy atom. The zero-order valence-electron chi connectivity index (χ0n) is 16.2. The number of piperazine rings is 1. The van der Waals surface area contributed by atoms with Crippen molar-refractivity contribution in [3.63, 3.8) is 0 Å². The summed E-state index contributed by atoms with van der Waals surface area (Å²) in [5.41, 5.74) is 1.54. The molecule has 148 valence electrons. The van der Waals surface area contributed by atoms with Gasteiger partial charge in [0.15, 0.2) is 0 Å². The third kappa shape index (κ3) is 4.63. The third-order valence-corrected chi connectivity index (χ3v) is 5.16. The molecule has 0 saturated carbocycles. The largest absolute Gasteiger partial charge is 0.508 e. The molecule has 2 N–H and O–H groups in total. The molecule has 1 fully saturated rings. The second-order valence-electron chi connectivity index (χ2n) is 7.48. The summed E-state index contributed by atoms with van der Waals surface area (Å²) in [6.45, 7) is 4.84. The van der Waals surface area contributed by atoms with Gasteiger partial charge in [-0.1, -0.05) is 24.3 Å². The molecular formula is C22H26N2O4. The number of rotatable bonds is 4. The minimum atomic E-state index is -0.0888. The van der Waals surface area contributed by atoms with Crippen molar-refractivity contribution in [2.45, 2.75) is 38.8 Å². The van der Waals surface area contributed by atoms with E-state index in [0.29, 0.717) is 13.1 Å². The molecule has 0 spiro atoms. The number of nitrogens with zero attached hydrogens (tertiary/aromatic N) is 2. The number of benzene rings is 2. The van der Waals surface area contributed by atoms with Crippen molar-refractivity contribution in [3.8, 4) is 11.5 Å². The maximum absolute atomic E-state index is 12.8. The van der Waals surface area contributed by atoms with Gasteiger partial charge >= 0.3 is 0 Å². The van der Waals surface area contributed by atoms with Crippen LogP contribution in [0.4, 0.5) is 0 Å². The molecule has 6 nitrogen and oxygen atoms in total. The van der Waals surface area contributed by atoms with Gasteiger partial charge in [-0.25, -0.2) is 0 Å². The minimum Gasteiger partial charge on any atom is -0.508 e. The van der Waals surface area contributed by atoms with Crippen LogP contribution < -0.4 is 0 Å². The number of phenolic OH excluding ortho intramolecular Hbond substituents is 2. The normalized spacial score (nSPS) is 19.5. The van der Waals surface area contributed by atoms with Crippen molar-refractivity contribution < 1.29 is 19.8 Å². The Labute approximate surface area is 165 Å². The van der Waals surface area contributed by atoms with Crippen molar-refractivity contribution in [1.29, 1.82) is 0 Å². The Morgan fingerprint density at radius 1 is 0.821 bits per heavy atom. The quantitative estimate of drug-likeness (QED) is 0.850. The van der Waals surface area contributed by atoms with Crippen molar-refractivity contribution >= 4 is 11.8 Å². The van der Waals surface area contributed by atoms with Gasteiger partial charge in [0.1, 0.15) is 11.5 Å². The molecule has 0 aliphatic carbocycles. The van der Waals surface area contributed by atoms with Crippen LogP contribution in [0.1, 0.15) is 25.0 Å². The van der Waals surface area contributed by atoms with Gasteiger partial charge in [-0.3, -0.25) is 9.59 Å². The molecule has 2 aromatic carbocycles. The number of aromatic hydroxyl groups is 2. The fourth-order valence-electron chi connectivity index (χ4n) is 3.71. The zero-order valence-corrected chi connectivity index (χ0v) is 16.2. The van der Waals surface area contributed by atoms with Crippen LogP contribution in [0.25, 0.3) is 0 Å². The van der Waals surface area contributed by atoms with E-state index in [-0.39, 0.29) is 48.2 Å². The first-order valence-corrected chi connectivity index (χ1v) is 9.48. The molecule has 1 saturated heterocycles. The number of hydrogen-bond donors (Lipinski definition) is 2. The number of carbonyl (C=O) groups is 2. The van der Waals surface area contributed by atoms with E-state index >= 15 is 0 Å². The molecular weight excluding hydrogens is 356 g/mol. The Morgan fingerprint density at radius 3 is 1.57 bits per heavy atom. The van der Waals surface area contributed by atoms with Crippen LogP contribution in [0.15, 0.2) is 48.5 Å². The van der Waals surface area contributed by atoms with Gasteiger partial charge in [-0.15, -0.1) is 0 Å². The van der Waals surface area contributed by atoms with Gasteiger partial charge in [-0.2, -0.15) is 0 Å². The monoisotopic (exact) mass is 382 g/mol. The van der Waals surface area contributed by atoms with E-state index in [1.54, 1.807) is 36.4 Å². The number of hydrogen-bond acceptors (Lipinski definition) is 4. The highest BCUT2D eigenvalue weighted by Crippen LogP contribution is 2.20. The van der Waals surface area contributed by atoms with Gasteiger partial charge in [0.25, 0.3) is 0 Å². The molecule has 0 radical (unpaired) electrons. The van der Waals surface area contributed by atoms with Crippen LogP contribution in [0.3, 0.4) is 0 Å². The Hall–Kier alpha value is -3.02. The summed E-state index contributed by atoms with van der Waals surface area (Å²) in [4.78, 5) is 29.1. The smallest absolute Gasteiger partial charge is 0.227 e. The summed E-state index contributed by atoms with van der Waals surface area (Å²) in [6.07, 6.45) is 0.450. The van der Waals surface area contributed by atoms with Gasteiger partial charge in [0.2, 0.25) is 11.8 Å². The molecule has 0 bridgehead atoms. The second kappa shape index (κ2) is 8.33. The molecule has 1 heterocycles. The van der Waals surface area contributed by atoms with Crippen LogP contribution in [-0.2, 0) is 22.4 Å². The molecule has 28 heavy (non-hydrogen) atoms. The lowest BCUT2D eigenvalue weighted by Crippen LogP contribution is -2.60. The topological polar surface area (TPSA) is 81.1 Å². The van der Waals surface area contributed by atoms with Crippen LogP contribution in [0, 0.1) is 0 Å². The Balaban J connectivity index is 1.63. The van der Waals surface area contributed by atoms with E-state index in [1.165, 1.54) is 0 Å². The SMILES string of the molecule is CC1CN(C(=O)Cc2cccc(O)c2)C(C)CN1C(=O)Cc1cccc(O)c1. The lowest BCUT2D eigenvalue weighted by molar-refractivity contribution is -0.145. The Kier molecular flexibility index (Phi) is 5.87. The standard InChI is InChI=1S/C22H26N2O4/c1-15-13-24(22(28)12-18-6-4-8-20(26)10-18)16(2)14-23(15)21(27)11-17-5-3-7-19(25)9-17/h3-10,15-16,25-26H,11-14H2,1-2H3. The van der Waals surface area contributed by atoms with Crippen LogP contribution >= 0.6 is 0 Å². The minimum absolute atomic E-state index is 0.00923. The van der Waals surface area contributed by atoms with E-state index < -0.39 is 0 Å². The molecule has 2 atom stereocenters. The highest BCUT2D eigenvalue weighted by atomic mass is 16.3. The first-order chi connectivity index (χ1) is 13.3. The van der Waals surface area contributed by atoms with E-state index in [9.17, 15) is 19.8 Å².